The number of benzene rings is 1. The van der Waals surface area contributed by atoms with Gasteiger partial charge in [0.1, 0.15) is 0 Å². The molecular formula is C15H23ClN2O3S. The van der Waals surface area contributed by atoms with Crippen molar-refractivity contribution >= 4 is 27.5 Å². The van der Waals surface area contributed by atoms with Gasteiger partial charge in [0.2, 0.25) is 0 Å². The monoisotopic (exact) mass is 346 g/mol. The second-order valence-corrected chi connectivity index (χ2v) is 8.34. The second-order valence-electron chi connectivity index (χ2n) is 5.50. The highest BCUT2D eigenvalue weighted by atomic mass is 35.5. The van der Waals surface area contributed by atoms with Gasteiger partial charge in [-0.1, -0.05) is 23.7 Å². The molecule has 0 aromatic heterocycles. The van der Waals surface area contributed by atoms with Crippen molar-refractivity contribution in [1.82, 2.24) is 10.2 Å². The van der Waals surface area contributed by atoms with E-state index in [2.05, 4.69) is 5.32 Å². The topological polar surface area (TPSA) is 66.5 Å². The molecule has 0 saturated carbocycles. The Morgan fingerprint density at radius 1 is 1.36 bits per heavy atom. The number of hydrogen-bond donors (Lipinski definition) is 1. The van der Waals surface area contributed by atoms with E-state index >= 15 is 0 Å². The minimum atomic E-state index is -3.19. The summed E-state index contributed by atoms with van der Waals surface area (Å²) >= 11 is 5.90. The zero-order valence-corrected chi connectivity index (χ0v) is 14.9. The minimum absolute atomic E-state index is 0.287. The first-order chi connectivity index (χ1) is 10.1. The average Bonchev–Trinajstić information content (AvgIpc) is 2.43. The van der Waals surface area contributed by atoms with E-state index in [1.807, 2.05) is 18.2 Å². The zero-order chi connectivity index (χ0) is 16.9. The van der Waals surface area contributed by atoms with Gasteiger partial charge in [-0.15, -0.1) is 0 Å². The fourth-order valence-electron chi connectivity index (χ4n) is 1.99. The first kappa shape index (κ1) is 18.8. The van der Waals surface area contributed by atoms with Crippen molar-refractivity contribution in [2.24, 2.45) is 0 Å². The molecular weight excluding hydrogens is 324 g/mol. The Hall–Kier alpha value is -1.27. The maximum absolute atomic E-state index is 12.1. The Morgan fingerprint density at radius 3 is 2.55 bits per heavy atom. The lowest BCUT2D eigenvalue weighted by Gasteiger charge is -2.29. The molecule has 0 heterocycles. The summed E-state index contributed by atoms with van der Waals surface area (Å²) in [5, 5.41) is 2.84. The van der Waals surface area contributed by atoms with Gasteiger partial charge in [0, 0.05) is 30.9 Å². The predicted octanol–water partition coefficient (Wildman–Crippen LogP) is 2.35. The third-order valence-corrected chi connectivity index (χ3v) is 5.84. The molecule has 0 bridgehead atoms. The molecule has 1 aromatic carbocycles. The van der Waals surface area contributed by atoms with Crippen molar-refractivity contribution in [1.29, 1.82) is 0 Å². The predicted molar refractivity (Wildman–Crippen MR) is 90.1 cm³/mol. The molecule has 2 amide bonds. The lowest BCUT2D eigenvalue weighted by atomic mass is 10.1. The van der Waals surface area contributed by atoms with E-state index in [-0.39, 0.29) is 6.03 Å². The highest BCUT2D eigenvalue weighted by Crippen LogP contribution is 2.12. The molecule has 22 heavy (non-hydrogen) atoms. The summed E-state index contributed by atoms with van der Waals surface area (Å²) in [5.74, 6) is 0. The second kappa shape index (κ2) is 7.83. The van der Waals surface area contributed by atoms with Crippen LogP contribution in [-0.4, -0.2) is 50.5 Å². The van der Waals surface area contributed by atoms with Gasteiger partial charge in [-0.3, -0.25) is 0 Å². The average molecular weight is 347 g/mol. The Kier molecular flexibility index (Phi) is 6.68. The van der Waals surface area contributed by atoms with E-state index in [0.717, 1.165) is 5.56 Å². The van der Waals surface area contributed by atoms with E-state index in [1.54, 1.807) is 27.0 Å². The summed E-state index contributed by atoms with van der Waals surface area (Å²) in [6, 6.07) is 6.76. The van der Waals surface area contributed by atoms with Crippen LogP contribution >= 0.6 is 11.6 Å². The van der Waals surface area contributed by atoms with Gasteiger partial charge in [0.15, 0.2) is 9.84 Å². The molecule has 0 spiro atoms. The highest BCUT2D eigenvalue weighted by molar-refractivity contribution is 7.91. The number of nitrogens with one attached hydrogen (secondary N) is 1. The first-order valence-corrected chi connectivity index (χ1v) is 9.40. The number of carbonyl (C=O) groups is 1. The van der Waals surface area contributed by atoms with Crippen LogP contribution in [0.15, 0.2) is 24.3 Å². The minimum Gasteiger partial charge on any atom is -0.338 e. The van der Waals surface area contributed by atoms with Gasteiger partial charge < -0.3 is 10.2 Å². The lowest BCUT2D eigenvalue weighted by Crippen LogP contribution is -2.48. The van der Waals surface area contributed by atoms with Crippen molar-refractivity contribution in [2.45, 2.75) is 31.6 Å². The van der Waals surface area contributed by atoms with Crippen LogP contribution in [0.4, 0.5) is 4.79 Å². The molecule has 2 atom stereocenters. The third-order valence-electron chi connectivity index (χ3n) is 3.86. The van der Waals surface area contributed by atoms with Crippen LogP contribution in [0.2, 0.25) is 5.02 Å². The van der Waals surface area contributed by atoms with Crippen molar-refractivity contribution < 1.29 is 13.2 Å². The SMILES string of the molecule is C[C@H]([C@H](C)S(C)(=O)=O)N(C)C(=O)NCCc1cccc(Cl)c1. The molecule has 7 heteroatoms. The third kappa shape index (κ3) is 5.50. The summed E-state index contributed by atoms with van der Waals surface area (Å²) in [6.45, 7) is 3.79. The number of rotatable bonds is 6. The number of halogens is 1. The molecule has 124 valence electrons. The van der Waals surface area contributed by atoms with Crippen LogP contribution in [0.3, 0.4) is 0 Å². The van der Waals surface area contributed by atoms with Crippen molar-refractivity contribution in [2.75, 3.05) is 19.8 Å². The molecule has 1 N–H and O–H groups in total. The molecule has 0 unspecified atom stereocenters. The van der Waals surface area contributed by atoms with Crippen molar-refractivity contribution in [3.05, 3.63) is 34.9 Å². The molecule has 0 aliphatic heterocycles. The molecule has 0 radical (unpaired) electrons. The van der Waals surface area contributed by atoms with E-state index in [0.29, 0.717) is 18.0 Å². The fourth-order valence-corrected chi connectivity index (χ4v) is 3.10. The summed E-state index contributed by atoms with van der Waals surface area (Å²) in [6.07, 6.45) is 1.84. The Balaban J connectivity index is 2.51. The largest absolute Gasteiger partial charge is 0.338 e. The van der Waals surface area contributed by atoms with Gasteiger partial charge in [0.05, 0.1) is 5.25 Å². The van der Waals surface area contributed by atoms with Crippen LogP contribution in [0.5, 0.6) is 0 Å². The number of amides is 2. The number of sulfone groups is 1. The molecule has 1 rings (SSSR count). The van der Waals surface area contributed by atoms with E-state index < -0.39 is 21.1 Å². The van der Waals surface area contributed by atoms with Crippen LogP contribution in [0, 0.1) is 0 Å². The Morgan fingerprint density at radius 2 is 2.00 bits per heavy atom. The first-order valence-electron chi connectivity index (χ1n) is 7.07. The number of nitrogens with zero attached hydrogens (tertiary/aromatic N) is 1. The summed E-state index contributed by atoms with van der Waals surface area (Å²) in [4.78, 5) is 13.5. The van der Waals surface area contributed by atoms with E-state index in [1.165, 1.54) is 11.2 Å². The van der Waals surface area contributed by atoms with Crippen LogP contribution < -0.4 is 5.32 Å². The van der Waals surface area contributed by atoms with Gasteiger partial charge in [-0.25, -0.2) is 13.2 Å². The maximum atomic E-state index is 12.1. The highest BCUT2D eigenvalue weighted by Gasteiger charge is 2.27. The van der Waals surface area contributed by atoms with Crippen LogP contribution in [-0.2, 0) is 16.3 Å². The van der Waals surface area contributed by atoms with Gasteiger partial charge in [-0.2, -0.15) is 0 Å². The molecule has 0 aliphatic carbocycles. The molecule has 1 aromatic rings. The summed E-state index contributed by atoms with van der Waals surface area (Å²) in [7, 11) is -1.59. The van der Waals surface area contributed by atoms with Crippen LogP contribution in [0.25, 0.3) is 0 Å². The zero-order valence-electron chi connectivity index (χ0n) is 13.3. The standard InChI is InChI=1S/C15H23ClN2O3S/c1-11(12(2)22(4,20)21)18(3)15(19)17-9-8-13-6-5-7-14(16)10-13/h5-7,10-12H,8-9H2,1-4H3,(H,17,19)/t11-,12+/m1/s1. The smallest absolute Gasteiger partial charge is 0.317 e. The normalized spacial score (nSPS) is 14.2. The fraction of sp³-hybridized carbons (Fsp3) is 0.533. The van der Waals surface area contributed by atoms with Gasteiger partial charge >= 0.3 is 6.03 Å². The van der Waals surface area contributed by atoms with Gasteiger partial charge in [0.25, 0.3) is 0 Å². The van der Waals surface area contributed by atoms with Crippen molar-refractivity contribution in [3.63, 3.8) is 0 Å². The maximum Gasteiger partial charge on any atom is 0.317 e. The molecule has 0 aliphatic rings. The van der Waals surface area contributed by atoms with Crippen molar-refractivity contribution in [3.8, 4) is 0 Å². The molecule has 0 fully saturated rings. The van der Waals surface area contributed by atoms with E-state index in [9.17, 15) is 13.2 Å². The summed E-state index contributed by atoms with van der Waals surface area (Å²) < 4.78 is 23.1. The number of urea groups is 1. The van der Waals surface area contributed by atoms with Gasteiger partial charge in [-0.05, 0) is 38.0 Å². The lowest BCUT2D eigenvalue weighted by molar-refractivity contribution is 0.193. The Labute approximate surface area is 137 Å². The van der Waals surface area contributed by atoms with E-state index in [4.69, 9.17) is 11.6 Å². The molecule has 5 nitrogen and oxygen atoms in total. The Bertz CT molecular complexity index is 619. The quantitative estimate of drug-likeness (QED) is 0.859. The number of carbonyl (C=O) groups excluding carboxylic acids is 1. The number of hydrogen-bond acceptors (Lipinski definition) is 3. The van der Waals surface area contributed by atoms with Crippen LogP contribution in [0.1, 0.15) is 19.4 Å². The summed E-state index contributed by atoms with van der Waals surface area (Å²) in [5.41, 5.74) is 1.04. The molecule has 0 saturated heterocycles.